The molecular weight excluding hydrogens is 406 g/mol. The summed E-state index contributed by atoms with van der Waals surface area (Å²) in [7, 11) is 0. The van der Waals surface area contributed by atoms with Crippen LogP contribution < -0.4 is 10.5 Å². The highest BCUT2D eigenvalue weighted by Crippen LogP contribution is 2.25. The van der Waals surface area contributed by atoms with Gasteiger partial charge in [0, 0.05) is 23.5 Å². The Bertz CT molecular complexity index is 813. The van der Waals surface area contributed by atoms with E-state index in [1.165, 1.54) is 0 Å². The molecule has 2 heterocycles. The quantitative estimate of drug-likeness (QED) is 0.631. The van der Waals surface area contributed by atoms with Crippen LogP contribution in [-0.2, 0) is 11.5 Å². The van der Waals surface area contributed by atoms with E-state index in [2.05, 4.69) is 23.8 Å². The molecule has 2 rings (SSSR count). The second kappa shape index (κ2) is 10.9. The van der Waals surface area contributed by atoms with E-state index in [0.717, 1.165) is 12.0 Å². The second-order valence-corrected chi connectivity index (χ2v) is 7.35. The first kappa shape index (κ1) is 25.3. The Morgan fingerprint density at radius 3 is 2.23 bits per heavy atom. The fourth-order valence-electron chi connectivity index (χ4n) is 2.63. The predicted octanol–water partition coefficient (Wildman–Crippen LogP) is 4.39. The number of carboxylic acid groups (broad SMARTS) is 1. The standard InChI is InChI=1S/C18H24FN3O.C2HF3O2/c1-13(2)10-18(3,20)12-23-17-5-4-15(22-16(17)11-19)14-6-8-21-9-7-14;3-2(4,5)1(6)7/h4-9,13H,10-12,20H2,1-3H3;(H,6,7)/t18-;/m0./s1. The zero-order valence-electron chi connectivity index (χ0n) is 16.9. The van der Waals surface area contributed by atoms with E-state index in [-0.39, 0.29) is 0 Å². The molecule has 0 spiro atoms. The van der Waals surface area contributed by atoms with Gasteiger partial charge >= 0.3 is 12.1 Å². The molecule has 0 saturated carbocycles. The van der Waals surface area contributed by atoms with Crippen LogP contribution in [0.2, 0.25) is 0 Å². The molecule has 3 N–H and O–H groups in total. The molecular formula is C20H25F4N3O3. The van der Waals surface area contributed by atoms with Crippen LogP contribution in [0.1, 0.15) is 32.9 Å². The van der Waals surface area contributed by atoms with Gasteiger partial charge in [0.2, 0.25) is 0 Å². The number of aliphatic carboxylic acids is 1. The first-order valence-corrected chi connectivity index (χ1v) is 9.04. The predicted molar refractivity (Wildman–Crippen MR) is 104 cm³/mol. The van der Waals surface area contributed by atoms with Crippen molar-refractivity contribution in [2.45, 2.75) is 45.6 Å². The van der Waals surface area contributed by atoms with Gasteiger partial charge in [0.05, 0.1) is 5.69 Å². The fraction of sp³-hybridized carbons (Fsp3) is 0.450. The summed E-state index contributed by atoms with van der Waals surface area (Å²) in [6, 6.07) is 7.25. The van der Waals surface area contributed by atoms with Gasteiger partial charge in [-0.1, -0.05) is 13.8 Å². The number of ether oxygens (including phenoxy) is 1. The third-order valence-corrected chi connectivity index (χ3v) is 3.71. The summed E-state index contributed by atoms with van der Waals surface area (Å²) >= 11 is 0. The molecule has 0 aliphatic carbocycles. The zero-order valence-corrected chi connectivity index (χ0v) is 16.9. The molecule has 2 aromatic heterocycles. The maximum absolute atomic E-state index is 13.3. The van der Waals surface area contributed by atoms with Crippen molar-refractivity contribution in [2.24, 2.45) is 11.7 Å². The number of alkyl halides is 4. The van der Waals surface area contributed by atoms with E-state index in [1.54, 1.807) is 18.5 Å². The van der Waals surface area contributed by atoms with E-state index in [0.29, 0.717) is 29.7 Å². The molecule has 0 aromatic carbocycles. The van der Waals surface area contributed by atoms with E-state index < -0.39 is 24.4 Å². The van der Waals surface area contributed by atoms with Crippen LogP contribution in [0, 0.1) is 5.92 Å². The van der Waals surface area contributed by atoms with Crippen molar-refractivity contribution in [2.75, 3.05) is 6.61 Å². The highest BCUT2D eigenvalue weighted by Gasteiger charge is 2.38. The SMILES string of the molecule is CC(C)C[C@](C)(N)COc1ccc(-c2ccncc2)nc1CF.O=C(O)C(F)(F)F. The largest absolute Gasteiger partial charge is 0.490 e. The lowest BCUT2D eigenvalue weighted by Crippen LogP contribution is -2.43. The van der Waals surface area contributed by atoms with Crippen molar-refractivity contribution in [1.29, 1.82) is 0 Å². The number of nitrogens with two attached hydrogens (primary N) is 1. The summed E-state index contributed by atoms with van der Waals surface area (Å²) in [6.07, 6.45) is -0.884. The third-order valence-electron chi connectivity index (χ3n) is 3.71. The van der Waals surface area contributed by atoms with Crippen molar-refractivity contribution < 1.29 is 32.2 Å². The van der Waals surface area contributed by atoms with Gasteiger partial charge in [-0.2, -0.15) is 13.2 Å². The smallest absolute Gasteiger partial charge is 0.490 e. The Balaban J connectivity index is 0.000000553. The minimum Gasteiger partial charge on any atom is -0.490 e. The Hall–Kier alpha value is -2.75. The number of carboxylic acids is 1. The van der Waals surface area contributed by atoms with Crippen molar-refractivity contribution in [1.82, 2.24) is 9.97 Å². The second-order valence-electron chi connectivity index (χ2n) is 7.35. The number of hydrogen-bond donors (Lipinski definition) is 2. The van der Waals surface area contributed by atoms with Gasteiger partial charge in [-0.05, 0) is 43.5 Å². The number of aromatic nitrogens is 2. The third kappa shape index (κ3) is 8.73. The van der Waals surface area contributed by atoms with Crippen LogP contribution in [0.3, 0.4) is 0 Å². The van der Waals surface area contributed by atoms with E-state index in [4.69, 9.17) is 20.4 Å². The fourth-order valence-corrected chi connectivity index (χ4v) is 2.63. The Morgan fingerprint density at radius 2 is 1.77 bits per heavy atom. The Kier molecular flexibility index (Phi) is 9.16. The molecule has 0 aliphatic rings. The molecule has 2 aromatic rings. The average molecular weight is 431 g/mol. The van der Waals surface area contributed by atoms with Crippen molar-refractivity contribution in [3.8, 4) is 17.0 Å². The van der Waals surface area contributed by atoms with Gasteiger partial charge in [-0.3, -0.25) is 4.98 Å². The normalized spacial score (nSPS) is 13.2. The van der Waals surface area contributed by atoms with E-state index >= 15 is 0 Å². The lowest BCUT2D eigenvalue weighted by atomic mass is 9.93. The minimum absolute atomic E-state index is 0.291. The molecule has 0 radical (unpaired) electrons. The lowest BCUT2D eigenvalue weighted by molar-refractivity contribution is -0.192. The van der Waals surface area contributed by atoms with E-state index in [9.17, 15) is 17.6 Å². The lowest BCUT2D eigenvalue weighted by Gasteiger charge is -2.27. The van der Waals surface area contributed by atoms with E-state index in [1.807, 2.05) is 25.1 Å². The first-order valence-electron chi connectivity index (χ1n) is 9.04. The number of hydrogen-bond acceptors (Lipinski definition) is 5. The van der Waals surface area contributed by atoms with Crippen LogP contribution >= 0.6 is 0 Å². The van der Waals surface area contributed by atoms with Gasteiger partial charge in [-0.15, -0.1) is 0 Å². The Labute approximate surface area is 172 Å². The van der Waals surface area contributed by atoms with Crippen LogP contribution in [0.25, 0.3) is 11.3 Å². The highest BCUT2D eigenvalue weighted by molar-refractivity contribution is 5.73. The maximum Gasteiger partial charge on any atom is 0.490 e. The van der Waals surface area contributed by atoms with Gasteiger partial charge in [0.1, 0.15) is 24.7 Å². The summed E-state index contributed by atoms with van der Waals surface area (Å²) in [6.45, 7) is 5.82. The molecule has 0 saturated heterocycles. The topological polar surface area (TPSA) is 98.3 Å². The number of pyridine rings is 2. The highest BCUT2D eigenvalue weighted by atomic mass is 19.4. The maximum atomic E-state index is 13.3. The van der Waals surface area contributed by atoms with Crippen LogP contribution in [0.5, 0.6) is 5.75 Å². The number of nitrogens with zero attached hydrogens (tertiary/aromatic N) is 2. The molecule has 30 heavy (non-hydrogen) atoms. The minimum atomic E-state index is -5.08. The average Bonchev–Trinajstić information content (AvgIpc) is 2.65. The zero-order chi connectivity index (χ0) is 22.9. The van der Waals surface area contributed by atoms with Gasteiger partial charge < -0.3 is 15.6 Å². The summed E-state index contributed by atoms with van der Waals surface area (Å²) in [5.41, 5.74) is 7.66. The van der Waals surface area contributed by atoms with Crippen molar-refractivity contribution in [3.05, 3.63) is 42.4 Å². The molecule has 0 bridgehead atoms. The van der Waals surface area contributed by atoms with Crippen LogP contribution in [0.15, 0.2) is 36.7 Å². The summed E-state index contributed by atoms with van der Waals surface area (Å²) in [4.78, 5) is 17.2. The Morgan fingerprint density at radius 1 is 1.20 bits per heavy atom. The molecule has 0 amide bonds. The first-order chi connectivity index (χ1) is 13.9. The van der Waals surface area contributed by atoms with Gasteiger partial charge in [0.25, 0.3) is 0 Å². The summed E-state index contributed by atoms with van der Waals surface area (Å²) in [5.74, 6) is -1.83. The number of rotatable bonds is 7. The molecule has 0 fully saturated rings. The van der Waals surface area contributed by atoms with Gasteiger partial charge in [0.15, 0.2) is 0 Å². The van der Waals surface area contributed by atoms with Crippen LogP contribution in [0.4, 0.5) is 17.6 Å². The summed E-state index contributed by atoms with van der Waals surface area (Å²) in [5, 5.41) is 7.12. The monoisotopic (exact) mass is 431 g/mol. The molecule has 0 unspecified atom stereocenters. The number of halogens is 4. The molecule has 6 nitrogen and oxygen atoms in total. The van der Waals surface area contributed by atoms with Crippen LogP contribution in [-0.4, -0.2) is 39.4 Å². The molecule has 1 atom stereocenters. The molecule has 10 heteroatoms. The van der Waals surface area contributed by atoms with Crippen molar-refractivity contribution in [3.63, 3.8) is 0 Å². The molecule has 0 aliphatic heterocycles. The summed E-state index contributed by atoms with van der Waals surface area (Å²) < 4.78 is 50.8. The van der Waals surface area contributed by atoms with Crippen molar-refractivity contribution >= 4 is 5.97 Å². The van der Waals surface area contributed by atoms with Gasteiger partial charge in [-0.25, -0.2) is 14.2 Å². The number of carbonyl (C=O) groups is 1. The molecule has 166 valence electrons.